The number of alkyl carbamates (subject to hydrolysis) is 1. The molecule has 6 heteroatoms. The number of imidazole rings is 1. The third-order valence-electron chi connectivity index (χ3n) is 2.49. The van der Waals surface area contributed by atoms with Crippen LogP contribution >= 0.6 is 0 Å². The molecule has 0 aliphatic heterocycles. The van der Waals surface area contributed by atoms with Crippen LogP contribution in [0.2, 0.25) is 0 Å². The van der Waals surface area contributed by atoms with Crippen molar-refractivity contribution in [1.82, 2.24) is 15.3 Å². The lowest BCUT2D eigenvalue weighted by Crippen LogP contribution is -2.25. The zero-order valence-corrected chi connectivity index (χ0v) is 9.37. The van der Waals surface area contributed by atoms with E-state index in [1.54, 1.807) is 0 Å². The van der Waals surface area contributed by atoms with E-state index in [9.17, 15) is 9.59 Å². The Morgan fingerprint density at radius 3 is 3.00 bits per heavy atom. The summed E-state index contributed by atoms with van der Waals surface area (Å²) in [6.07, 6.45) is 0.167. The van der Waals surface area contributed by atoms with E-state index in [4.69, 9.17) is 0 Å². The van der Waals surface area contributed by atoms with Gasteiger partial charge in [-0.3, -0.25) is 0 Å². The van der Waals surface area contributed by atoms with Crippen LogP contribution in [-0.4, -0.2) is 29.7 Å². The van der Waals surface area contributed by atoms with E-state index >= 15 is 0 Å². The molecule has 0 unspecified atom stereocenters. The van der Waals surface area contributed by atoms with Crippen molar-refractivity contribution in [3.05, 3.63) is 34.2 Å². The monoisotopic (exact) mass is 235 g/mol. The summed E-state index contributed by atoms with van der Waals surface area (Å²) in [5.41, 5.74) is 2.29. The van der Waals surface area contributed by atoms with Gasteiger partial charge in [0.2, 0.25) is 0 Å². The zero-order chi connectivity index (χ0) is 12.3. The highest BCUT2D eigenvalue weighted by Gasteiger charge is 2.04. The second-order valence-electron chi connectivity index (χ2n) is 3.59. The summed E-state index contributed by atoms with van der Waals surface area (Å²) in [7, 11) is 1.32. The maximum atomic E-state index is 11.2. The van der Waals surface area contributed by atoms with Crippen LogP contribution in [0.25, 0.3) is 11.0 Å². The van der Waals surface area contributed by atoms with E-state index in [1.165, 1.54) is 7.11 Å². The number of hydrogen-bond acceptors (Lipinski definition) is 3. The topological polar surface area (TPSA) is 87.0 Å². The number of aromatic nitrogens is 2. The Bertz CT molecular complexity index is 585. The van der Waals surface area contributed by atoms with Crippen LogP contribution < -0.4 is 11.0 Å². The van der Waals surface area contributed by atoms with E-state index in [-0.39, 0.29) is 5.69 Å². The van der Waals surface area contributed by atoms with Gasteiger partial charge in [0, 0.05) is 6.54 Å². The lowest BCUT2D eigenvalue weighted by molar-refractivity contribution is 0.171. The van der Waals surface area contributed by atoms with Gasteiger partial charge >= 0.3 is 11.8 Å². The van der Waals surface area contributed by atoms with Gasteiger partial charge in [0.05, 0.1) is 18.1 Å². The Morgan fingerprint density at radius 1 is 1.41 bits per heavy atom. The number of para-hydroxylation sites is 1. The molecule has 0 radical (unpaired) electrons. The van der Waals surface area contributed by atoms with Crippen molar-refractivity contribution in [3.8, 4) is 0 Å². The van der Waals surface area contributed by atoms with E-state index < -0.39 is 6.09 Å². The Kier molecular flexibility index (Phi) is 3.13. The van der Waals surface area contributed by atoms with Crippen LogP contribution in [0.15, 0.2) is 23.0 Å². The fourth-order valence-electron chi connectivity index (χ4n) is 1.70. The first-order chi connectivity index (χ1) is 8.20. The van der Waals surface area contributed by atoms with Gasteiger partial charge in [0.25, 0.3) is 0 Å². The third kappa shape index (κ3) is 2.47. The van der Waals surface area contributed by atoms with Gasteiger partial charge in [-0.25, -0.2) is 9.59 Å². The number of ether oxygens (including phenoxy) is 1. The van der Waals surface area contributed by atoms with Gasteiger partial charge in [0.1, 0.15) is 0 Å². The van der Waals surface area contributed by atoms with Crippen LogP contribution in [0.3, 0.4) is 0 Å². The molecule has 1 aromatic heterocycles. The van der Waals surface area contributed by atoms with Crippen LogP contribution in [0.4, 0.5) is 4.79 Å². The largest absolute Gasteiger partial charge is 0.453 e. The summed E-state index contributed by atoms with van der Waals surface area (Å²) < 4.78 is 4.47. The molecule has 3 N–H and O–H groups in total. The highest BCUT2D eigenvalue weighted by Crippen LogP contribution is 2.13. The Morgan fingerprint density at radius 2 is 2.24 bits per heavy atom. The minimum atomic E-state index is -0.459. The van der Waals surface area contributed by atoms with Crippen molar-refractivity contribution < 1.29 is 9.53 Å². The average molecular weight is 235 g/mol. The van der Waals surface area contributed by atoms with E-state index in [0.717, 1.165) is 16.6 Å². The molecule has 0 fully saturated rings. The molecule has 0 spiro atoms. The molecular formula is C11H13N3O3. The highest BCUT2D eigenvalue weighted by atomic mass is 16.5. The molecule has 1 amide bonds. The maximum Gasteiger partial charge on any atom is 0.406 e. The number of aromatic amines is 2. The van der Waals surface area contributed by atoms with E-state index in [1.807, 2.05) is 18.2 Å². The smallest absolute Gasteiger partial charge is 0.406 e. The summed E-state index contributed by atoms with van der Waals surface area (Å²) >= 11 is 0. The van der Waals surface area contributed by atoms with Crippen molar-refractivity contribution in [2.45, 2.75) is 6.42 Å². The summed E-state index contributed by atoms with van der Waals surface area (Å²) in [5, 5.41) is 2.59. The fourth-order valence-corrected chi connectivity index (χ4v) is 1.70. The lowest BCUT2D eigenvalue weighted by Gasteiger charge is -2.04. The summed E-state index contributed by atoms with van der Waals surface area (Å²) in [5.74, 6) is 0. The number of methoxy groups -OCH3 is 1. The summed E-state index contributed by atoms with van der Waals surface area (Å²) in [6, 6.07) is 5.59. The molecular weight excluding hydrogens is 222 g/mol. The number of benzene rings is 1. The first kappa shape index (κ1) is 11.3. The van der Waals surface area contributed by atoms with Crippen LogP contribution in [0.1, 0.15) is 5.56 Å². The first-order valence-electron chi connectivity index (χ1n) is 5.22. The molecule has 0 aliphatic rings. The van der Waals surface area contributed by atoms with Gasteiger partial charge in [0.15, 0.2) is 0 Å². The van der Waals surface area contributed by atoms with Crippen LogP contribution in [0, 0.1) is 0 Å². The van der Waals surface area contributed by atoms with E-state index in [0.29, 0.717) is 13.0 Å². The number of hydrogen-bond donors (Lipinski definition) is 3. The Labute approximate surface area is 97.0 Å². The molecule has 1 aromatic carbocycles. The normalized spacial score (nSPS) is 10.4. The van der Waals surface area contributed by atoms with Crippen molar-refractivity contribution >= 4 is 17.1 Å². The number of carbonyl (C=O) groups is 1. The molecule has 0 bridgehead atoms. The van der Waals surface area contributed by atoms with Gasteiger partial charge in [-0.1, -0.05) is 12.1 Å². The van der Waals surface area contributed by atoms with E-state index in [2.05, 4.69) is 20.0 Å². The average Bonchev–Trinajstić information content (AvgIpc) is 2.70. The number of rotatable bonds is 3. The van der Waals surface area contributed by atoms with Gasteiger partial charge < -0.3 is 20.0 Å². The molecule has 2 rings (SSSR count). The molecule has 90 valence electrons. The molecule has 0 aliphatic carbocycles. The number of fused-ring (bicyclic) bond motifs is 1. The number of carbonyl (C=O) groups excluding carboxylic acids is 1. The lowest BCUT2D eigenvalue weighted by atomic mass is 10.1. The SMILES string of the molecule is COC(=O)NCCc1cccc2[nH]c(=O)[nH]c12. The number of H-pyrrole nitrogens is 2. The number of nitrogens with one attached hydrogen (secondary N) is 3. The molecule has 6 nitrogen and oxygen atoms in total. The van der Waals surface area contributed by atoms with Gasteiger partial charge in [-0.15, -0.1) is 0 Å². The van der Waals surface area contributed by atoms with Crippen LogP contribution in [-0.2, 0) is 11.2 Å². The summed E-state index contributed by atoms with van der Waals surface area (Å²) in [6.45, 7) is 0.457. The van der Waals surface area contributed by atoms with Gasteiger partial charge in [-0.2, -0.15) is 0 Å². The van der Waals surface area contributed by atoms with Crippen molar-refractivity contribution in [1.29, 1.82) is 0 Å². The fraction of sp³-hybridized carbons (Fsp3) is 0.273. The molecule has 0 saturated carbocycles. The number of amides is 1. The second kappa shape index (κ2) is 4.73. The molecule has 2 aromatic rings. The highest BCUT2D eigenvalue weighted by molar-refractivity contribution is 5.78. The molecule has 17 heavy (non-hydrogen) atoms. The second-order valence-corrected chi connectivity index (χ2v) is 3.59. The van der Waals surface area contributed by atoms with Crippen molar-refractivity contribution in [2.75, 3.05) is 13.7 Å². The molecule has 1 heterocycles. The standard InChI is InChI=1S/C11H13N3O3/c1-17-11(16)12-6-5-7-3-2-4-8-9(7)14-10(15)13-8/h2-4H,5-6H2,1H3,(H,12,16)(H2,13,14,15). The molecule has 0 atom stereocenters. The predicted octanol–water partition coefficient (Wildman–Crippen LogP) is 0.755. The Hall–Kier alpha value is -2.24. The molecule has 0 saturated heterocycles. The predicted molar refractivity (Wildman–Crippen MR) is 63.0 cm³/mol. The van der Waals surface area contributed by atoms with Crippen LogP contribution in [0.5, 0.6) is 0 Å². The quantitative estimate of drug-likeness (QED) is 0.733. The Balaban J connectivity index is 2.13. The minimum Gasteiger partial charge on any atom is -0.453 e. The van der Waals surface area contributed by atoms with Crippen molar-refractivity contribution in [3.63, 3.8) is 0 Å². The van der Waals surface area contributed by atoms with Gasteiger partial charge in [-0.05, 0) is 18.1 Å². The zero-order valence-electron chi connectivity index (χ0n) is 9.37. The minimum absolute atomic E-state index is 0.228. The first-order valence-corrected chi connectivity index (χ1v) is 5.22. The summed E-state index contributed by atoms with van der Waals surface area (Å²) in [4.78, 5) is 27.5. The maximum absolute atomic E-state index is 11.2. The van der Waals surface area contributed by atoms with Crippen molar-refractivity contribution in [2.24, 2.45) is 0 Å². The third-order valence-corrected chi connectivity index (χ3v) is 2.49.